The molecule has 0 spiro atoms. The van der Waals surface area contributed by atoms with E-state index in [4.69, 9.17) is 0 Å². The number of tetrazole rings is 1. The molecule has 144 valence electrons. The molecule has 0 aliphatic rings. The molecule has 0 N–H and O–H groups in total. The number of aromatic nitrogens is 4. The number of benzene rings is 2. The Labute approximate surface area is 151 Å². The van der Waals surface area contributed by atoms with Crippen molar-refractivity contribution in [2.75, 3.05) is 0 Å². The van der Waals surface area contributed by atoms with Gasteiger partial charge in [0, 0.05) is 0 Å². The van der Waals surface area contributed by atoms with Crippen LogP contribution in [0.25, 0.3) is 10.8 Å². The van der Waals surface area contributed by atoms with Crippen LogP contribution in [0.1, 0.15) is 25.5 Å². The van der Waals surface area contributed by atoms with Gasteiger partial charge in [-0.15, -0.1) is 10.2 Å². The highest BCUT2D eigenvalue weighted by Gasteiger charge is 2.21. The SMILES string of the molecule is CC(C)C(c1ccc2cc(OC(F)F)c(OC(F)F)cc2c1)n1ncnn1. The zero-order valence-electron chi connectivity index (χ0n) is 14.4. The maximum absolute atomic E-state index is 12.6. The molecule has 0 amide bonds. The molecule has 0 saturated carbocycles. The smallest absolute Gasteiger partial charge is 0.387 e. The van der Waals surface area contributed by atoms with E-state index >= 15 is 0 Å². The predicted molar refractivity (Wildman–Crippen MR) is 88.0 cm³/mol. The molecule has 1 aromatic heterocycles. The van der Waals surface area contributed by atoms with Crippen LogP contribution in [0.4, 0.5) is 17.6 Å². The molecule has 27 heavy (non-hydrogen) atoms. The van der Waals surface area contributed by atoms with E-state index in [0.717, 1.165) is 5.56 Å². The summed E-state index contributed by atoms with van der Waals surface area (Å²) in [7, 11) is 0. The number of hydrogen-bond acceptors (Lipinski definition) is 5. The van der Waals surface area contributed by atoms with Crippen molar-refractivity contribution in [1.29, 1.82) is 0 Å². The molecule has 3 aromatic rings. The lowest BCUT2D eigenvalue weighted by atomic mass is 9.94. The summed E-state index contributed by atoms with van der Waals surface area (Å²) >= 11 is 0. The average molecular weight is 384 g/mol. The number of halogens is 4. The van der Waals surface area contributed by atoms with Crippen LogP contribution in [0.3, 0.4) is 0 Å². The topological polar surface area (TPSA) is 62.1 Å². The Morgan fingerprint density at radius 1 is 0.889 bits per heavy atom. The number of alkyl halides is 4. The van der Waals surface area contributed by atoms with Crippen molar-refractivity contribution in [3.63, 3.8) is 0 Å². The molecule has 6 nitrogen and oxygen atoms in total. The molecule has 10 heteroatoms. The summed E-state index contributed by atoms with van der Waals surface area (Å²) in [5.41, 5.74) is 0.807. The third-order valence-corrected chi connectivity index (χ3v) is 3.95. The number of rotatable bonds is 7. The van der Waals surface area contributed by atoms with Crippen LogP contribution in [0.2, 0.25) is 0 Å². The summed E-state index contributed by atoms with van der Waals surface area (Å²) in [6, 6.07) is 7.45. The van der Waals surface area contributed by atoms with Crippen LogP contribution in [0.15, 0.2) is 36.7 Å². The molecule has 0 saturated heterocycles. The number of nitrogens with zero attached hydrogens (tertiary/aromatic N) is 4. The Bertz CT molecular complexity index is 903. The zero-order chi connectivity index (χ0) is 19.6. The Morgan fingerprint density at radius 2 is 1.52 bits per heavy atom. The monoisotopic (exact) mass is 384 g/mol. The standard InChI is InChI=1S/C17H16F4N4O2/c1-9(2)15(25-23-8-22-24-25)11-4-3-10-6-13(26-16(18)19)14(27-17(20)21)7-12(10)5-11/h3-9,15-17H,1-2H3. The second-order valence-corrected chi connectivity index (χ2v) is 6.11. The highest BCUT2D eigenvalue weighted by molar-refractivity contribution is 5.86. The number of ether oxygens (including phenoxy) is 2. The Balaban J connectivity index is 2.08. The lowest BCUT2D eigenvalue weighted by Gasteiger charge is -2.20. The third kappa shape index (κ3) is 4.26. The van der Waals surface area contributed by atoms with E-state index in [0.29, 0.717) is 10.8 Å². The van der Waals surface area contributed by atoms with Crippen molar-refractivity contribution < 1.29 is 27.0 Å². The molecule has 0 bridgehead atoms. The van der Waals surface area contributed by atoms with E-state index in [1.165, 1.54) is 23.3 Å². The maximum atomic E-state index is 12.6. The largest absolute Gasteiger partial charge is 0.431 e. The molecule has 1 atom stereocenters. The minimum Gasteiger partial charge on any atom is -0.431 e. The van der Waals surface area contributed by atoms with Crippen molar-refractivity contribution in [3.05, 3.63) is 42.2 Å². The van der Waals surface area contributed by atoms with Crippen LogP contribution in [-0.4, -0.2) is 33.4 Å². The van der Waals surface area contributed by atoms with E-state index in [9.17, 15) is 17.6 Å². The van der Waals surface area contributed by atoms with Gasteiger partial charge in [0.1, 0.15) is 6.04 Å². The van der Waals surface area contributed by atoms with Gasteiger partial charge < -0.3 is 9.47 Å². The molecule has 1 unspecified atom stereocenters. The molecule has 2 aromatic carbocycles. The molecule has 0 aliphatic carbocycles. The molecule has 0 radical (unpaired) electrons. The van der Waals surface area contributed by atoms with Crippen molar-refractivity contribution in [1.82, 2.24) is 20.2 Å². The van der Waals surface area contributed by atoms with E-state index < -0.39 is 24.7 Å². The molecule has 1 heterocycles. The van der Waals surface area contributed by atoms with Crippen molar-refractivity contribution in [2.45, 2.75) is 33.1 Å². The quantitative estimate of drug-likeness (QED) is 0.569. The lowest BCUT2D eigenvalue weighted by molar-refractivity contribution is -0.0690. The summed E-state index contributed by atoms with van der Waals surface area (Å²) in [6.07, 6.45) is 1.32. The van der Waals surface area contributed by atoms with Crippen LogP contribution >= 0.6 is 0 Å². The van der Waals surface area contributed by atoms with Gasteiger partial charge in [-0.1, -0.05) is 26.0 Å². The summed E-state index contributed by atoms with van der Waals surface area (Å²) in [4.78, 5) is 1.46. The van der Waals surface area contributed by atoms with E-state index in [2.05, 4.69) is 24.9 Å². The summed E-state index contributed by atoms with van der Waals surface area (Å²) in [5, 5.41) is 12.8. The first kappa shape index (κ1) is 18.9. The van der Waals surface area contributed by atoms with E-state index in [1.807, 2.05) is 13.8 Å². The van der Waals surface area contributed by atoms with Gasteiger partial charge in [-0.25, -0.2) is 0 Å². The first-order valence-electron chi connectivity index (χ1n) is 8.05. The van der Waals surface area contributed by atoms with Crippen LogP contribution in [0.5, 0.6) is 11.5 Å². The van der Waals surface area contributed by atoms with Gasteiger partial charge in [0.2, 0.25) is 0 Å². The van der Waals surface area contributed by atoms with Crippen LogP contribution < -0.4 is 9.47 Å². The summed E-state index contributed by atoms with van der Waals surface area (Å²) in [5.74, 6) is -0.811. The molecule has 0 fully saturated rings. The zero-order valence-corrected chi connectivity index (χ0v) is 14.4. The summed E-state index contributed by atoms with van der Waals surface area (Å²) in [6.45, 7) is -2.38. The van der Waals surface area contributed by atoms with Gasteiger partial charge in [0.15, 0.2) is 17.8 Å². The molecular formula is C17H16F4N4O2. The Kier molecular flexibility index (Phi) is 5.43. The second-order valence-electron chi connectivity index (χ2n) is 6.11. The van der Waals surface area contributed by atoms with Gasteiger partial charge in [-0.3, -0.25) is 0 Å². The van der Waals surface area contributed by atoms with Crippen LogP contribution in [0, 0.1) is 5.92 Å². The first-order chi connectivity index (χ1) is 12.8. The molecule has 0 aliphatic heterocycles. The minimum atomic E-state index is -3.17. The van der Waals surface area contributed by atoms with Crippen molar-refractivity contribution in [2.24, 2.45) is 5.92 Å². The first-order valence-corrected chi connectivity index (χ1v) is 8.05. The summed E-state index contributed by atoms with van der Waals surface area (Å²) < 4.78 is 59.1. The van der Waals surface area contributed by atoms with Gasteiger partial charge >= 0.3 is 13.2 Å². The molecule has 3 rings (SSSR count). The van der Waals surface area contributed by atoms with Gasteiger partial charge in [0.25, 0.3) is 0 Å². The predicted octanol–water partition coefficient (Wildman–Crippen LogP) is 4.27. The van der Waals surface area contributed by atoms with E-state index in [-0.39, 0.29) is 12.0 Å². The number of hydrogen-bond donors (Lipinski definition) is 0. The number of fused-ring (bicyclic) bond motifs is 1. The molecular weight excluding hydrogens is 368 g/mol. The highest BCUT2D eigenvalue weighted by Crippen LogP contribution is 2.36. The van der Waals surface area contributed by atoms with Crippen molar-refractivity contribution in [3.8, 4) is 11.5 Å². The minimum absolute atomic E-state index is 0.106. The highest BCUT2D eigenvalue weighted by atomic mass is 19.3. The van der Waals surface area contributed by atoms with Crippen molar-refractivity contribution >= 4 is 10.8 Å². The van der Waals surface area contributed by atoms with Gasteiger partial charge in [-0.05, 0) is 45.7 Å². The normalized spacial score (nSPS) is 12.9. The van der Waals surface area contributed by atoms with Gasteiger partial charge in [0.05, 0.1) is 0 Å². The Morgan fingerprint density at radius 3 is 2.04 bits per heavy atom. The fourth-order valence-electron chi connectivity index (χ4n) is 2.92. The van der Waals surface area contributed by atoms with Gasteiger partial charge in [-0.2, -0.15) is 22.4 Å². The third-order valence-electron chi connectivity index (χ3n) is 3.95. The lowest BCUT2D eigenvalue weighted by Crippen LogP contribution is -2.19. The fourth-order valence-corrected chi connectivity index (χ4v) is 2.92. The van der Waals surface area contributed by atoms with Crippen LogP contribution in [-0.2, 0) is 0 Å². The second kappa shape index (κ2) is 7.77. The fraction of sp³-hybridized carbons (Fsp3) is 0.353. The van der Waals surface area contributed by atoms with E-state index in [1.54, 1.807) is 18.2 Å². The maximum Gasteiger partial charge on any atom is 0.387 e. The Hall–Kier alpha value is -2.91. The average Bonchev–Trinajstić information content (AvgIpc) is 3.08.